The highest BCUT2D eigenvalue weighted by Crippen LogP contribution is 2.26. The van der Waals surface area contributed by atoms with Crippen LogP contribution < -0.4 is 10.2 Å². The quantitative estimate of drug-likeness (QED) is 0.834. The van der Waals surface area contributed by atoms with Crippen molar-refractivity contribution in [1.82, 2.24) is 10.2 Å². The fourth-order valence-corrected chi connectivity index (χ4v) is 2.88. The van der Waals surface area contributed by atoms with Crippen LogP contribution in [0.25, 0.3) is 5.57 Å². The minimum Gasteiger partial charge on any atom is -0.442 e. The molecule has 2 aliphatic heterocycles. The Balaban J connectivity index is 1.63. The smallest absolute Gasteiger partial charge is 0.414 e. The molecule has 7 nitrogen and oxygen atoms in total. The number of nitrogens with one attached hydrogen (secondary N) is 1. The zero-order valence-electron chi connectivity index (χ0n) is 13.6. The van der Waals surface area contributed by atoms with Crippen LogP contribution in [0.2, 0.25) is 0 Å². The summed E-state index contributed by atoms with van der Waals surface area (Å²) in [6.07, 6.45) is 1.36. The molecule has 0 unspecified atom stereocenters. The molecule has 0 bridgehead atoms. The molecule has 1 atom stereocenters. The maximum atomic E-state index is 12.0. The number of carbonyl (C=O) groups excluding carboxylic acids is 2. The van der Waals surface area contributed by atoms with Gasteiger partial charge in [0.05, 0.1) is 19.8 Å². The summed E-state index contributed by atoms with van der Waals surface area (Å²) in [4.78, 5) is 26.4. The van der Waals surface area contributed by atoms with Crippen LogP contribution in [0.4, 0.5) is 10.5 Å². The van der Waals surface area contributed by atoms with Crippen LogP contribution in [-0.4, -0.2) is 61.0 Å². The predicted octanol–water partition coefficient (Wildman–Crippen LogP) is 0.797. The van der Waals surface area contributed by atoms with Gasteiger partial charge < -0.3 is 15.2 Å². The molecule has 1 aromatic rings. The minimum absolute atomic E-state index is 0.0490. The lowest BCUT2D eigenvalue weighted by molar-refractivity contribution is -0.119. The second-order valence-corrected chi connectivity index (χ2v) is 5.98. The number of aliphatic hydroxyl groups excluding tert-OH is 1. The van der Waals surface area contributed by atoms with Gasteiger partial charge in [-0.1, -0.05) is 18.2 Å². The number of carbonyl (C=O) groups is 2. The van der Waals surface area contributed by atoms with E-state index < -0.39 is 6.09 Å². The first kappa shape index (κ1) is 16.5. The topological polar surface area (TPSA) is 82.1 Å². The lowest BCUT2D eigenvalue weighted by atomic mass is 10.1. The molecular formula is C17H21N3O4. The first-order chi connectivity index (χ1) is 11.6. The third-order valence-electron chi connectivity index (χ3n) is 4.19. The van der Waals surface area contributed by atoms with Gasteiger partial charge in [-0.25, -0.2) is 4.79 Å². The van der Waals surface area contributed by atoms with Crippen molar-refractivity contribution in [2.45, 2.75) is 13.0 Å². The Bertz CT molecular complexity index is 656. The van der Waals surface area contributed by atoms with Crippen molar-refractivity contribution >= 4 is 23.3 Å². The van der Waals surface area contributed by atoms with E-state index in [1.54, 1.807) is 4.90 Å². The summed E-state index contributed by atoms with van der Waals surface area (Å²) in [5.74, 6) is -0.143. The number of cyclic esters (lactones) is 1. The molecule has 7 heteroatoms. The van der Waals surface area contributed by atoms with Crippen molar-refractivity contribution in [2.75, 3.05) is 37.8 Å². The largest absolute Gasteiger partial charge is 0.442 e. The van der Waals surface area contributed by atoms with Gasteiger partial charge in [0.1, 0.15) is 6.10 Å². The second kappa shape index (κ2) is 7.02. The van der Waals surface area contributed by atoms with Gasteiger partial charge in [-0.15, -0.1) is 0 Å². The molecule has 24 heavy (non-hydrogen) atoms. The number of aliphatic hydroxyl groups is 1. The highest BCUT2D eigenvalue weighted by molar-refractivity contribution is 5.90. The van der Waals surface area contributed by atoms with Gasteiger partial charge in [-0.3, -0.25) is 14.6 Å². The zero-order valence-corrected chi connectivity index (χ0v) is 13.6. The van der Waals surface area contributed by atoms with Crippen molar-refractivity contribution < 1.29 is 19.4 Å². The van der Waals surface area contributed by atoms with Crippen LogP contribution in [0, 0.1) is 0 Å². The lowest BCUT2D eigenvalue weighted by Crippen LogP contribution is -2.33. The van der Waals surface area contributed by atoms with Crippen molar-refractivity contribution in [1.29, 1.82) is 0 Å². The van der Waals surface area contributed by atoms with Gasteiger partial charge in [-0.05, 0) is 23.3 Å². The molecule has 2 heterocycles. The Morgan fingerprint density at radius 2 is 2.12 bits per heavy atom. The first-order valence-electron chi connectivity index (χ1n) is 7.92. The van der Waals surface area contributed by atoms with E-state index in [1.807, 2.05) is 29.2 Å². The summed E-state index contributed by atoms with van der Waals surface area (Å²) in [5, 5.41) is 11.8. The van der Waals surface area contributed by atoms with Crippen molar-refractivity contribution in [3.8, 4) is 0 Å². The highest BCUT2D eigenvalue weighted by Gasteiger charge is 2.32. The fourth-order valence-electron chi connectivity index (χ4n) is 2.88. The summed E-state index contributed by atoms with van der Waals surface area (Å²) in [6.45, 7) is 3.69. The van der Waals surface area contributed by atoms with Crippen molar-refractivity contribution in [3.63, 3.8) is 0 Å². The number of hydrogen-bond acceptors (Lipinski definition) is 5. The molecule has 128 valence electrons. The molecular weight excluding hydrogens is 310 g/mol. The number of benzene rings is 1. The van der Waals surface area contributed by atoms with E-state index in [0.29, 0.717) is 13.1 Å². The van der Waals surface area contributed by atoms with Crippen LogP contribution in [-0.2, 0) is 9.53 Å². The minimum atomic E-state index is -0.398. The van der Waals surface area contributed by atoms with Gasteiger partial charge in [0.2, 0.25) is 5.91 Å². The molecule has 0 spiro atoms. The Labute approximate surface area is 140 Å². The number of hydrogen-bond donors (Lipinski definition) is 2. The van der Waals surface area contributed by atoms with E-state index in [2.05, 4.69) is 11.4 Å². The van der Waals surface area contributed by atoms with E-state index in [-0.39, 0.29) is 18.7 Å². The standard InChI is InChI=1S/C17H21N3O4/c1-12(22)18-8-16-10-20(17(23)24-16)15-4-2-13(3-5-15)14-6-7-19(9-14)11-21/h2-6,16,21H,7-11H2,1H3,(H,18,22)/t16-/m0/s1. The van der Waals surface area contributed by atoms with Crippen LogP contribution >= 0.6 is 0 Å². The van der Waals surface area contributed by atoms with Gasteiger partial charge in [0, 0.05) is 25.7 Å². The average Bonchev–Trinajstić information content (AvgIpc) is 3.19. The SMILES string of the molecule is CC(=O)NC[C@H]1CN(c2ccc(C3=CCN(CO)C3)cc2)C(=O)O1. The summed E-state index contributed by atoms with van der Waals surface area (Å²) >= 11 is 0. The average molecular weight is 331 g/mol. The summed E-state index contributed by atoms with van der Waals surface area (Å²) < 4.78 is 5.26. The number of anilines is 1. The Morgan fingerprint density at radius 3 is 2.75 bits per heavy atom. The third-order valence-corrected chi connectivity index (χ3v) is 4.19. The molecule has 1 aromatic carbocycles. The number of rotatable bonds is 5. The summed E-state index contributed by atoms with van der Waals surface area (Å²) in [5.41, 5.74) is 3.02. The number of ether oxygens (including phenoxy) is 1. The fraction of sp³-hybridized carbons (Fsp3) is 0.412. The molecule has 0 saturated carbocycles. The van der Waals surface area contributed by atoms with Crippen molar-refractivity contribution in [2.24, 2.45) is 0 Å². The molecule has 1 saturated heterocycles. The monoisotopic (exact) mass is 331 g/mol. The molecule has 1 fully saturated rings. The van der Waals surface area contributed by atoms with E-state index in [0.717, 1.165) is 24.3 Å². The normalized spacial score (nSPS) is 20.9. The lowest BCUT2D eigenvalue weighted by Gasteiger charge is -2.15. The highest BCUT2D eigenvalue weighted by atomic mass is 16.6. The van der Waals surface area contributed by atoms with E-state index in [9.17, 15) is 9.59 Å². The van der Waals surface area contributed by atoms with Crippen LogP contribution in [0.3, 0.4) is 0 Å². The van der Waals surface area contributed by atoms with E-state index in [1.165, 1.54) is 12.5 Å². The van der Waals surface area contributed by atoms with Crippen LogP contribution in [0.5, 0.6) is 0 Å². The molecule has 2 N–H and O–H groups in total. The van der Waals surface area contributed by atoms with Gasteiger partial charge in [0.25, 0.3) is 0 Å². The van der Waals surface area contributed by atoms with Crippen molar-refractivity contribution in [3.05, 3.63) is 35.9 Å². The summed E-state index contributed by atoms with van der Waals surface area (Å²) in [6, 6.07) is 7.71. The van der Waals surface area contributed by atoms with E-state index >= 15 is 0 Å². The Hall–Kier alpha value is -2.38. The summed E-state index contributed by atoms with van der Waals surface area (Å²) in [7, 11) is 0. The first-order valence-corrected chi connectivity index (χ1v) is 7.92. The Kier molecular flexibility index (Phi) is 4.82. The number of amides is 2. The maximum absolute atomic E-state index is 12.0. The Morgan fingerprint density at radius 1 is 1.38 bits per heavy atom. The molecule has 2 aliphatic rings. The molecule has 0 aliphatic carbocycles. The van der Waals surface area contributed by atoms with Crippen LogP contribution in [0.15, 0.2) is 30.3 Å². The van der Waals surface area contributed by atoms with Gasteiger partial charge >= 0.3 is 6.09 Å². The second-order valence-electron chi connectivity index (χ2n) is 5.98. The number of nitrogens with zero attached hydrogens (tertiary/aromatic N) is 2. The predicted molar refractivity (Wildman–Crippen MR) is 89.4 cm³/mol. The van der Waals surface area contributed by atoms with Crippen LogP contribution in [0.1, 0.15) is 12.5 Å². The molecule has 0 radical (unpaired) electrons. The molecule has 2 amide bonds. The van der Waals surface area contributed by atoms with Gasteiger partial charge in [0.15, 0.2) is 0 Å². The molecule has 3 rings (SSSR count). The zero-order chi connectivity index (χ0) is 17.1. The van der Waals surface area contributed by atoms with Gasteiger partial charge in [-0.2, -0.15) is 0 Å². The molecule has 0 aromatic heterocycles. The van der Waals surface area contributed by atoms with E-state index in [4.69, 9.17) is 9.84 Å². The maximum Gasteiger partial charge on any atom is 0.414 e. The third kappa shape index (κ3) is 3.58.